The topological polar surface area (TPSA) is 121 Å². The minimum Gasteiger partial charge on any atom is -0.373 e. The molecule has 0 aromatic carbocycles. The van der Waals surface area contributed by atoms with Crippen molar-refractivity contribution < 1.29 is 32.1 Å². The van der Waals surface area contributed by atoms with Crippen molar-refractivity contribution in [2.24, 2.45) is 0 Å². The third-order valence-electron chi connectivity index (χ3n) is 0.772. The second kappa shape index (κ2) is 7.75. The first kappa shape index (κ1) is 16.9. The van der Waals surface area contributed by atoms with Crippen molar-refractivity contribution in [3.05, 3.63) is 25.3 Å². The van der Waals surface area contributed by atoms with E-state index < -0.39 is 16.5 Å². The summed E-state index contributed by atoms with van der Waals surface area (Å²) in [5.41, 5.74) is 0. The number of rotatable bonds is 5. The van der Waals surface area contributed by atoms with E-state index in [-0.39, 0.29) is 0 Å². The van der Waals surface area contributed by atoms with Gasteiger partial charge < -0.3 is 14.5 Å². The highest BCUT2D eigenvalue weighted by Gasteiger charge is 2.30. The molecule has 90 valence electrons. The molecule has 0 amide bonds. The summed E-state index contributed by atoms with van der Waals surface area (Å²) < 4.78 is 40.9. The average molecular weight is 260 g/mol. The van der Waals surface area contributed by atoms with Crippen LogP contribution in [0.3, 0.4) is 0 Å². The standard InChI is InChI=1S/C6H10O.H3O6PS/c1-3-5-7-6-4-2;1-7(2,3)8(4,5)6/h3-4H,1-2,5-6H2;(H2,1,2,3)(H,4,5,6). The third kappa shape index (κ3) is 11.4. The Labute approximate surface area is 87.7 Å². The molecular weight excluding hydrogens is 247 g/mol. The lowest BCUT2D eigenvalue weighted by molar-refractivity contribution is 0.194. The van der Waals surface area contributed by atoms with E-state index in [9.17, 15) is 13.0 Å². The van der Waals surface area contributed by atoms with Crippen LogP contribution >= 0.6 is 6.80 Å². The van der Waals surface area contributed by atoms with E-state index in [1.807, 2.05) is 0 Å². The Morgan fingerprint density at radius 3 is 1.60 bits per heavy atom. The van der Waals surface area contributed by atoms with Gasteiger partial charge in [0.05, 0.1) is 13.2 Å². The van der Waals surface area contributed by atoms with E-state index in [0.717, 1.165) is 0 Å². The van der Waals surface area contributed by atoms with Crippen LogP contribution in [0, 0.1) is 0 Å². The summed E-state index contributed by atoms with van der Waals surface area (Å²) >= 11 is 0. The number of hydrogen-bond acceptors (Lipinski definition) is 4. The Bertz CT molecular complexity index is 319. The van der Waals surface area contributed by atoms with Crippen molar-refractivity contribution in [1.82, 2.24) is 0 Å². The molecule has 0 fully saturated rings. The smallest absolute Gasteiger partial charge is 0.373 e. The van der Waals surface area contributed by atoms with Crippen LogP contribution in [0.25, 0.3) is 0 Å². The summed E-state index contributed by atoms with van der Waals surface area (Å²) in [6.07, 6.45) is 3.42. The lowest BCUT2D eigenvalue weighted by Gasteiger charge is -1.94. The first-order chi connectivity index (χ1) is 6.66. The fourth-order valence-electron chi connectivity index (χ4n) is 0.235. The predicted octanol–water partition coefficient (Wildman–Crippen LogP) is 0.342. The molecule has 9 heteroatoms. The van der Waals surface area contributed by atoms with Crippen molar-refractivity contribution in [2.45, 2.75) is 0 Å². The maximum atomic E-state index is 9.51. The molecule has 0 atom stereocenters. The SMILES string of the molecule is C=CCOCC=C.O=P(O)(O)S(=O)(=O)O. The lowest BCUT2D eigenvalue weighted by atomic mass is 10.6. The van der Waals surface area contributed by atoms with Gasteiger partial charge >= 0.3 is 16.5 Å². The van der Waals surface area contributed by atoms with Crippen molar-refractivity contribution in [1.29, 1.82) is 0 Å². The Balaban J connectivity index is 0. The molecule has 0 aliphatic heterocycles. The van der Waals surface area contributed by atoms with Crippen molar-refractivity contribution in [3.63, 3.8) is 0 Å². The van der Waals surface area contributed by atoms with Gasteiger partial charge in [0.1, 0.15) is 0 Å². The van der Waals surface area contributed by atoms with Gasteiger partial charge in [-0.25, -0.2) is 4.57 Å². The quantitative estimate of drug-likeness (QED) is 0.282. The summed E-state index contributed by atoms with van der Waals surface area (Å²) in [6, 6.07) is 0. The summed E-state index contributed by atoms with van der Waals surface area (Å²) in [4.78, 5) is 15.3. The molecule has 0 aromatic heterocycles. The second-order valence-corrected chi connectivity index (χ2v) is 6.74. The molecular formula is C6H13O7PS. The van der Waals surface area contributed by atoms with E-state index in [1.54, 1.807) is 12.2 Å². The molecule has 0 spiro atoms. The minimum atomic E-state index is -5.32. The van der Waals surface area contributed by atoms with Crippen LogP contribution in [-0.4, -0.2) is 36.0 Å². The van der Waals surface area contributed by atoms with Crippen LogP contribution in [0.5, 0.6) is 0 Å². The van der Waals surface area contributed by atoms with E-state index in [1.165, 1.54) is 0 Å². The van der Waals surface area contributed by atoms with Gasteiger partial charge in [-0.05, 0) is 0 Å². The molecule has 0 aromatic rings. The summed E-state index contributed by atoms with van der Waals surface area (Å²) in [5, 5.41) is 0. The fourth-order valence-corrected chi connectivity index (χ4v) is 0.235. The van der Waals surface area contributed by atoms with E-state index >= 15 is 0 Å². The molecule has 0 unspecified atom stereocenters. The normalized spacial score (nSPS) is 11.1. The number of hydrogen-bond donors (Lipinski definition) is 3. The third-order valence-corrected chi connectivity index (χ3v) is 3.18. The van der Waals surface area contributed by atoms with Gasteiger partial charge in [-0.2, -0.15) is 8.42 Å². The van der Waals surface area contributed by atoms with E-state index in [0.29, 0.717) is 13.2 Å². The maximum absolute atomic E-state index is 9.51. The summed E-state index contributed by atoms with van der Waals surface area (Å²) in [5.74, 6) is 0. The Morgan fingerprint density at radius 2 is 1.47 bits per heavy atom. The monoisotopic (exact) mass is 260 g/mol. The minimum absolute atomic E-state index is 0.617. The zero-order valence-corrected chi connectivity index (χ0v) is 9.52. The lowest BCUT2D eigenvalue weighted by Crippen LogP contribution is -1.96. The highest BCUT2D eigenvalue weighted by molar-refractivity contribution is 8.46. The van der Waals surface area contributed by atoms with Crippen LogP contribution in [-0.2, 0) is 19.0 Å². The molecule has 0 heterocycles. The maximum Gasteiger partial charge on any atom is 0.466 e. The average Bonchev–Trinajstić information content (AvgIpc) is 2.03. The van der Waals surface area contributed by atoms with E-state index in [4.69, 9.17) is 19.1 Å². The van der Waals surface area contributed by atoms with Gasteiger partial charge in [0.15, 0.2) is 0 Å². The second-order valence-electron chi connectivity index (χ2n) is 2.05. The van der Waals surface area contributed by atoms with Crippen LogP contribution in [0.1, 0.15) is 0 Å². The van der Waals surface area contributed by atoms with Gasteiger partial charge in [-0.15, -0.1) is 13.2 Å². The van der Waals surface area contributed by atoms with Gasteiger partial charge in [0.25, 0.3) is 0 Å². The van der Waals surface area contributed by atoms with Crippen LogP contribution in [0.4, 0.5) is 0 Å². The van der Waals surface area contributed by atoms with Crippen LogP contribution < -0.4 is 0 Å². The molecule has 3 N–H and O–H groups in total. The van der Waals surface area contributed by atoms with Gasteiger partial charge in [0, 0.05) is 0 Å². The molecule has 0 radical (unpaired) electrons. The molecule has 7 nitrogen and oxygen atoms in total. The summed E-state index contributed by atoms with van der Waals surface area (Å²) in [7, 11) is -5.17. The molecule has 0 saturated carbocycles. The van der Waals surface area contributed by atoms with Gasteiger partial charge in [-0.3, -0.25) is 4.55 Å². The van der Waals surface area contributed by atoms with Crippen molar-refractivity contribution in [2.75, 3.05) is 13.2 Å². The van der Waals surface area contributed by atoms with Crippen LogP contribution in [0.2, 0.25) is 0 Å². The fraction of sp³-hybridized carbons (Fsp3) is 0.333. The first-order valence-electron chi connectivity index (χ1n) is 3.49. The highest BCUT2D eigenvalue weighted by Crippen LogP contribution is 2.40. The molecule has 15 heavy (non-hydrogen) atoms. The Hall–Kier alpha value is -0.500. The summed E-state index contributed by atoms with van der Waals surface area (Å²) in [6.45, 7) is 2.86. The largest absolute Gasteiger partial charge is 0.466 e. The molecule has 0 saturated heterocycles. The van der Waals surface area contributed by atoms with Crippen molar-refractivity contribution in [3.8, 4) is 0 Å². The highest BCUT2D eigenvalue weighted by atomic mass is 32.8. The van der Waals surface area contributed by atoms with Crippen molar-refractivity contribution >= 4 is 16.5 Å². The Kier molecular flexibility index (Phi) is 8.74. The molecule has 0 bridgehead atoms. The predicted molar refractivity (Wildman–Crippen MR) is 54.8 cm³/mol. The Morgan fingerprint density at radius 1 is 1.20 bits per heavy atom. The van der Waals surface area contributed by atoms with E-state index in [2.05, 4.69) is 13.2 Å². The van der Waals surface area contributed by atoms with Crippen LogP contribution in [0.15, 0.2) is 25.3 Å². The first-order valence-corrected chi connectivity index (χ1v) is 7.15. The van der Waals surface area contributed by atoms with Gasteiger partial charge in [-0.1, -0.05) is 12.2 Å². The molecule has 0 aliphatic carbocycles. The molecule has 0 aliphatic rings. The zero-order chi connectivity index (χ0) is 12.5. The van der Waals surface area contributed by atoms with Gasteiger partial charge in [0.2, 0.25) is 0 Å². The zero-order valence-electron chi connectivity index (χ0n) is 7.81. The number of ether oxygens (including phenoxy) is 1. The molecule has 0 rings (SSSR count).